The third-order valence-corrected chi connectivity index (χ3v) is 4.06. The quantitative estimate of drug-likeness (QED) is 0.364. The molecule has 2 N–H and O–H groups in total. The molecule has 1 aromatic rings. The minimum Gasteiger partial charge on any atom is -0.504 e. The lowest BCUT2D eigenvalue weighted by Gasteiger charge is -2.26. The number of nitrogens with one attached hydrogen (secondary N) is 1. The van der Waals surface area contributed by atoms with E-state index in [1.165, 1.54) is 0 Å². The third kappa shape index (κ3) is 5.54. The largest absolute Gasteiger partial charge is 0.504 e. The van der Waals surface area contributed by atoms with Crippen molar-refractivity contribution in [1.82, 2.24) is 10.2 Å². The smallest absolute Gasteiger partial charge is 0.306 e. The number of phenolic OH excluding ortho intramolecular Hbond substituents is 1. The summed E-state index contributed by atoms with van der Waals surface area (Å²) in [6, 6.07) is 1.51. The van der Waals surface area contributed by atoms with E-state index in [0.717, 1.165) is 25.4 Å². The highest BCUT2D eigenvalue weighted by molar-refractivity contribution is 7.86. The average Bonchev–Trinajstić information content (AvgIpc) is 2.56. The number of aromatic hydroxyl groups is 1. The first-order chi connectivity index (χ1) is 12.2. The molecule has 0 saturated carbocycles. The van der Waals surface area contributed by atoms with E-state index < -0.39 is 43.7 Å². The molecule has 0 unspecified atom stereocenters. The molecule has 26 heavy (non-hydrogen) atoms. The number of rotatable bonds is 7. The standard InChI is InChI=1S/C14H19N3O8S/c1-26(22,23)25-13-8-10(11(17(20)21)9-12(13)18)14(19)15-2-3-16-4-6-24-7-5-16/h8-9,18H,2-7H2,1H3,(H,15,19). The normalized spacial score (nSPS) is 15.4. The molecule has 1 saturated heterocycles. The summed E-state index contributed by atoms with van der Waals surface area (Å²) >= 11 is 0. The number of ether oxygens (including phenoxy) is 1. The first-order valence-electron chi connectivity index (χ1n) is 7.66. The van der Waals surface area contributed by atoms with E-state index in [-0.39, 0.29) is 6.54 Å². The zero-order chi connectivity index (χ0) is 19.3. The molecule has 0 aliphatic carbocycles. The molecule has 0 atom stereocenters. The number of nitro groups is 1. The average molecular weight is 389 g/mol. The number of nitrogens with zero attached hydrogens (tertiary/aromatic N) is 2. The number of phenols is 1. The zero-order valence-electron chi connectivity index (χ0n) is 14.0. The lowest BCUT2D eigenvalue weighted by atomic mass is 10.1. The minimum absolute atomic E-state index is 0.235. The number of carbonyl (C=O) groups is 1. The molecule has 12 heteroatoms. The molecular weight excluding hydrogens is 370 g/mol. The number of nitro benzene ring substituents is 1. The van der Waals surface area contributed by atoms with Crippen LogP contribution in [0, 0.1) is 10.1 Å². The molecule has 0 spiro atoms. The Morgan fingerprint density at radius 2 is 2.08 bits per heavy atom. The van der Waals surface area contributed by atoms with Gasteiger partial charge in [-0.05, 0) is 0 Å². The maximum atomic E-state index is 12.3. The first-order valence-corrected chi connectivity index (χ1v) is 9.48. The lowest BCUT2D eigenvalue weighted by molar-refractivity contribution is -0.385. The Kier molecular flexibility index (Phi) is 6.34. The van der Waals surface area contributed by atoms with Crippen molar-refractivity contribution in [3.05, 3.63) is 27.8 Å². The predicted octanol–water partition coefficient (Wildman–Crippen LogP) is -0.299. The van der Waals surface area contributed by atoms with E-state index >= 15 is 0 Å². The molecule has 2 rings (SSSR count). The van der Waals surface area contributed by atoms with Crippen molar-refractivity contribution in [2.45, 2.75) is 0 Å². The van der Waals surface area contributed by atoms with E-state index in [9.17, 15) is 28.4 Å². The monoisotopic (exact) mass is 389 g/mol. The Morgan fingerprint density at radius 3 is 2.65 bits per heavy atom. The second kappa shape index (κ2) is 8.29. The minimum atomic E-state index is -3.99. The Bertz CT molecular complexity index is 790. The summed E-state index contributed by atoms with van der Waals surface area (Å²) in [5.74, 6) is -2.09. The second-order valence-electron chi connectivity index (χ2n) is 5.59. The molecule has 0 bridgehead atoms. The van der Waals surface area contributed by atoms with Gasteiger partial charge in [-0.1, -0.05) is 0 Å². The Labute approximate surface area is 149 Å². The van der Waals surface area contributed by atoms with Crippen LogP contribution in [0.1, 0.15) is 10.4 Å². The Balaban J connectivity index is 2.14. The van der Waals surface area contributed by atoms with Gasteiger partial charge in [0, 0.05) is 32.2 Å². The van der Waals surface area contributed by atoms with Gasteiger partial charge < -0.3 is 19.3 Å². The maximum absolute atomic E-state index is 12.3. The molecule has 1 amide bonds. The van der Waals surface area contributed by atoms with Gasteiger partial charge in [0.2, 0.25) is 0 Å². The molecular formula is C14H19N3O8S. The van der Waals surface area contributed by atoms with Crippen LogP contribution in [0.3, 0.4) is 0 Å². The van der Waals surface area contributed by atoms with Crippen LogP contribution in [0.2, 0.25) is 0 Å². The number of hydrogen-bond acceptors (Lipinski definition) is 9. The number of morpholine rings is 1. The van der Waals surface area contributed by atoms with Crippen LogP contribution >= 0.6 is 0 Å². The molecule has 1 fully saturated rings. The molecule has 1 aliphatic heterocycles. The summed E-state index contributed by atoms with van der Waals surface area (Å²) in [7, 11) is -3.99. The van der Waals surface area contributed by atoms with Gasteiger partial charge in [-0.25, -0.2) is 0 Å². The van der Waals surface area contributed by atoms with Crippen molar-refractivity contribution in [2.24, 2.45) is 0 Å². The molecule has 1 aromatic carbocycles. The number of amides is 1. The van der Waals surface area contributed by atoms with Crippen molar-refractivity contribution < 1.29 is 32.2 Å². The van der Waals surface area contributed by atoms with Crippen LogP contribution in [-0.4, -0.2) is 74.9 Å². The molecule has 0 radical (unpaired) electrons. The van der Waals surface area contributed by atoms with Gasteiger partial charge >= 0.3 is 10.1 Å². The van der Waals surface area contributed by atoms with Crippen molar-refractivity contribution >= 4 is 21.7 Å². The van der Waals surface area contributed by atoms with E-state index in [1.807, 2.05) is 0 Å². The third-order valence-electron chi connectivity index (χ3n) is 3.58. The predicted molar refractivity (Wildman–Crippen MR) is 89.8 cm³/mol. The number of carbonyl (C=O) groups excluding carboxylic acids is 1. The Morgan fingerprint density at radius 1 is 1.42 bits per heavy atom. The summed E-state index contributed by atoms with van der Waals surface area (Å²) in [4.78, 5) is 24.6. The van der Waals surface area contributed by atoms with Gasteiger partial charge in [-0.15, -0.1) is 0 Å². The molecule has 1 aliphatic rings. The van der Waals surface area contributed by atoms with Crippen LogP contribution in [-0.2, 0) is 14.9 Å². The van der Waals surface area contributed by atoms with Gasteiger partial charge in [-0.2, -0.15) is 8.42 Å². The number of hydrogen-bond donors (Lipinski definition) is 2. The second-order valence-corrected chi connectivity index (χ2v) is 7.17. The molecule has 144 valence electrons. The van der Waals surface area contributed by atoms with Gasteiger partial charge in [0.15, 0.2) is 11.5 Å². The number of benzene rings is 1. The van der Waals surface area contributed by atoms with Crippen molar-refractivity contribution in [2.75, 3.05) is 45.6 Å². The van der Waals surface area contributed by atoms with E-state index in [0.29, 0.717) is 25.8 Å². The highest BCUT2D eigenvalue weighted by Crippen LogP contribution is 2.34. The van der Waals surface area contributed by atoms with Crippen LogP contribution in [0.4, 0.5) is 5.69 Å². The summed E-state index contributed by atoms with van der Waals surface area (Å²) in [5, 5.41) is 23.4. The summed E-state index contributed by atoms with van der Waals surface area (Å²) in [6.07, 6.45) is 0.746. The Hall–Kier alpha value is -2.44. The van der Waals surface area contributed by atoms with Gasteiger partial charge in [0.25, 0.3) is 11.6 Å². The van der Waals surface area contributed by atoms with Crippen molar-refractivity contribution in [3.8, 4) is 11.5 Å². The van der Waals surface area contributed by atoms with Crippen LogP contribution < -0.4 is 9.50 Å². The summed E-state index contributed by atoms with van der Waals surface area (Å²) in [5.41, 5.74) is -1.07. The fourth-order valence-electron chi connectivity index (χ4n) is 2.37. The first kappa shape index (κ1) is 19.9. The summed E-state index contributed by atoms with van der Waals surface area (Å²) < 4.78 is 32.2. The van der Waals surface area contributed by atoms with Gasteiger partial charge in [0.1, 0.15) is 5.56 Å². The van der Waals surface area contributed by atoms with Crippen molar-refractivity contribution in [3.63, 3.8) is 0 Å². The zero-order valence-corrected chi connectivity index (χ0v) is 14.8. The molecule has 11 nitrogen and oxygen atoms in total. The fourth-order valence-corrected chi connectivity index (χ4v) is 2.83. The molecule has 1 heterocycles. The van der Waals surface area contributed by atoms with Crippen molar-refractivity contribution in [1.29, 1.82) is 0 Å². The lowest BCUT2D eigenvalue weighted by Crippen LogP contribution is -2.41. The summed E-state index contributed by atoms with van der Waals surface area (Å²) in [6.45, 7) is 3.42. The van der Waals surface area contributed by atoms with E-state index in [1.54, 1.807) is 0 Å². The SMILES string of the molecule is CS(=O)(=O)Oc1cc(C(=O)NCCN2CCOCC2)c([N+](=O)[O-])cc1O. The topological polar surface area (TPSA) is 148 Å². The fraction of sp³-hybridized carbons (Fsp3) is 0.500. The van der Waals surface area contributed by atoms with Gasteiger partial charge in [0.05, 0.1) is 30.5 Å². The highest BCUT2D eigenvalue weighted by Gasteiger charge is 2.25. The maximum Gasteiger partial charge on any atom is 0.306 e. The van der Waals surface area contributed by atoms with Crippen LogP contribution in [0.15, 0.2) is 12.1 Å². The van der Waals surface area contributed by atoms with Gasteiger partial charge in [-0.3, -0.25) is 19.8 Å². The van der Waals surface area contributed by atoms with Crippen LogP contribution in [0.25, 0.3) is 0 Å². The van der Waals surface area contributed by atoms with Crippen LogP contribution in [0.5, 0.6) is 11.5 Å². The highest BCUT2D eigenvalue weighted by atomic mass is 32.2. The van der Waals surface area contributed by atoms with E-state index in [2.05, 4.69) is 14.4 Å². The molecule has 0 aromatic heterocycles. The van der Waals surface area contributed by atoms with E-state index in [4.69, 9.17) is 4.74 Å².